The molecule has 0 unspecified atom stereocenters. The predicted octanol–water partition coefficient (Wildman–Crippen LogP) is 2.93. The van der Waals surface area contributed by atoms with Crippen LogP contribution in [0.2, 0.25) is 0 Å². The SMILES string of the molecule is CCCCCCC[C@H](O)[C@H](C)C(C)=O. The van der Waals surface area contributed by atoms with Crippen molar-refractivity contribution >= 4 is 5.78 Å². The number of carbonyl (C=O) groups is 1. The van der Waals surface area contributed by atoms with Crippen LogP contribution in [0.5, 0.6) is 0 Å². The largest absolute Gasteiger partial charge is 0.392 e. The van der Waals surface area contributed by atoms with Crippen molar-refractivity contribution in [3.63, 3.8) is 0 Å². The van der Waals surface area contributed by atoms with Crippen molar-refractivity contribution in [2.24, 2.45) is 5.92 Å². The lowest BCUT2D eigenvalue weighted by atomic mass is 9.96. The van der Waals surface area contributed by atoms with Crippen LogP contribution in [0.1, 0.15) is 59.3 Å². The van der Waals surface area contributed by atoms with Gasteiger partial charge in [0.1, 0.15) is 5.78 Å². The summed E-state index contributed by atoms with van der Waals surface area (Å²) < 4.78 is 0. The van der Waals surface area contributed by atoms with E-state index in [2.05, 4.69) is 6.92 Å². The lowest BCUT2D eigenvalue weighted by molar-refractivity contribution is -0.123. The Morgan fingerprint density at radius 3 is 2.29 bits per heavy atom. The summed E-state index contributed by atoms with van der Waals surface area (Å²) in [4.78, 5) is 11.0. The molecule has 1 N–H and O–H groups in total. The first-order chi connectivity index (χ1) is 6.59. The Balaban J connectivity index is 3.43. The molecular weight excluding hydrogens is 176 g/mol. The Bertz CT molecular complexity index is 154. The normalized spacial score (nSPS) is 15.1. The number of aliphatic hydroxyl groups excluding tert-OH is 1. The zero-order chi connectivity index (χ0) is 11.0. The van der Waals surface area contributed by atoms with Crippen molar-refractivity contribution in [1.29, 1.82) is 0 Å². The smallest absolute Gasteiger partial charge is 0.135 e. The molecule has 2 nitrogen and oxygen atoms in total. The molecule has 0 aliphatic rings. The monoisotopic (exact) mass is 200 g/mol. The number of ketones is 1. The molecule has 2 atom stereocenters. The Labute approximate surface area is 87.7 Å². The third-order valence-electron chi connectivity index (χ3n) is 2.82. The first-order valence-electron chi connectivity index (χ1n) is 5.78. The average Bonchev–Trinajstić information content (AvgIpc) is 2.16. The first kappa shape index (κ1) is 13.6. The highest BCUT2D eigenvalue weighted by Crippen LogP contribution is 2.13. The van der Waals surface area contributed by atoms with Gasteiger partial charge in [0.05, 0.1) is 6.10 Å². The molecule has 0 radical (unpaired) electrons. The summed E-state index contributed by atoms with van der Waals surface area (Å²) in [6.07, 6.45) is 6.32. The molecule has 14 heavy (non-hydrogen) atoms. The maximum atomic E-state index is 11.0. The minimum absolute atomic E-state index is 0.0889. The van der Waals surface area contributed by atoms with Crippen molar-refractivity contribution in [3.8, 4) is 0 Å². The summed E-state index contributed by atoms with van der Waals surface area (Å²) in [7, 11) is 0. The predicted molar refractivity (Wildman–Crippen MR) is 59.2 cm³/mol. The summed E-state index contributed by atoms with van der Waals surface area (Å²) in [5.41, 5.74) is 0. The number of Topliss-reactive ketones (excluding diaryl/α,β-unsaturated/α-hetero) is 1. The fourth-order valence-electron chi connectivity index (χ4n) is 1.48. The van der Waals surface area contributed by atoms with Crippen LogP contribution in [0.3, 0.4) is 0 Å². The van der Waals surface area contributed by atoms with Gasteiger partial charge in [0, 0.05) is 5.92 Å². The maximum absolute atomic E-state index is 11.0. The van der Waals surface area contributed by atoms with Gasteiger partial charge in [-0.2, -0.15) is 0 Å². The lowest BCUT2D eigenvalue weighted by Crippen LogP contribution is -2.23. The molecule has 0 bridgehead atoms. The van der Waals surface area contributed by atoms with Crippen LogP contribution in [0, 0.1) is 5.92 Å². The number of aliphatic hydroxyl groups is 1. The number of hydrogen-bond acceptors (Lipinski definition) is 2. The molecule has 84 valence electrons. The highest BCUT2D eigenvalue weighted by Gasteiger charge is 2.17. The third kappa shape index (κ3) is 6.14. The molecule has 0 saturated carbocycles. The summed E-state index contributed by atoms with van der Waals surface area (Å²) in [5.74, 6) is -0.104. The summed E-state index contributed by atoms with van der Waals surface area (Å²) in [6, 6.07) is 0. The molecule has 0 fully saturated rings. The molecule has 0 aliphatic heterocycles. The zero-order valence-electron chi connectivity index (χ0n) is 9.75. The van der Waals surface area contributed by atoms with Gasteiger partial charge in [-0.15, -0.1) is 0 Å². The van der Waals surface area contributed by atoms with Gasteiger partial charge in [-0.1, -0.05) is 46.0 Å². The molecule has 0 spiro atoms. The average molecular weight is 200 g/mol. The molecule has 0 aromatic rings. The van der Waals surface area contributed by atoms with E-state index in [1.807, 2.05) is 0 Å². The summed E-state index contributed by atoms with van der Waals surface area (Å²) >= 11 is 0. The van der Waals surface area contributed by atoms with Gasteiger partial charge < -0.3 is 5.11 Å². The van der Waals surface area contributed by atoms with E-state index in [9.17, 15) is 9.90 Å². The van der Waals surface area contributed by atoms with E-state index in [4.69, 9.17) is 0 Å². The first-order valence-corrected chi connectivity index (χ1v) is 5.78. The van der Waals surface area contributed by atoms with Crippen LogP contribution >= 0.6 is 0 Å². The lowest BCUT2D eigenvalue weighted by Gasteiger charge is -2.15. The van der Waals surface area contributed by atoms with Gasteiger partial charge >= 0.3 is 0 Å². The Kier molecular flexibility index (Phi) is 7.77. The Morgan fingerprint density at radius 2 is 1.79 bits per heavy atom. The van der Waals surface area contributed by atoms with Crippen molar-refractivity contribution in [1.82, 2.24) is 0 Å². The second-order valence-electron chi connectivity index (χ2n) is 4.17. The van der Waals surface area contributed by atoms with Crippen molar-refractivity contribution < 1.29 is 9.90 Å². The number of unbranched alkanes of at least 4 members (excludes halogenated alkanes) is 4. The van der Waals surface area contributed by atoms with Crippen LogP contribution in [0.25, 0.3) is 0 Å². The third-order valence-corrected chi connectivity index (χ3v) is 2.82. The van der Waals surface area contributed by atoms with E-state index in [-0.39, 0.29) is 11.7 Å². The zero-order valence-corrected chi connectivity index (χ0v) is 9.75. The summed E-state index contributed by atoms with van der Waals surface area (Å²) in [5, 5.41) is 9.62. The van der Waals surface area contributed by atoms with E-state index >= 15 is 0 Å². The van der Waals surface area contributed by atoms with Crippen LogP contribution in [0.15, 0.2) is 0 Å². The molecule has 0 aromatic carbocycles. The second kappa shape index (κ2) is 7.98. The number of rotatable bonds is 8. The fraction of sp³-hybridized carbons (Fsp3) is 0.917. The molecule has 0 saturated heterocycles. The van der Waals surface area contributed by atoms with Crippen LogP contribution in [-0.2, 0) is 4.79 Å². The molecule has 0 amide bonds. The molecule has 0 aliphatic carbocycles. The second-order valence-corrected chi connectivity index (χ2v) is 4.17. The summed E-state index contributed by atoms with van der Waals surface area (Å²) in [6.45, 7) is 5.54. The number of carbonyl (C=O) groups excluding carboxylic acids is 1. The molecular formula is C12H24O2. The van der Waals surface area contributed by atoms with Gasteiger partial charge in [-0.25, -0.2) is 0 Å². The Morgan fingerprint density at radius 1 is 1.21 bits per heavy atom. The molecule has 2 heteroatoms. The number of hydrogen-bond donors (Lipinski definition) is 1. The highest BCUT2D eigenvalue weighted by atomic mass is 16.3. The molecule has 0 rings (SSSR count). The highest BCUT2D eigenvalue weighted by molar-refractivity contribution is 5.78. The van der Waals surface area contributed by atoms with Gasteiger partial charge in [0.2, 0.25) is 0 Å². The van der Waals surface area contributed by atoms with E-state index in [1.54, 1.807) is 13.8 Å². The van der Waals surface area contributed by atoms with E-state index < -0.39 is 6.10 Å². The van der Waals surface area contributed by atoms with E-state index in [0.29, 0.717) is 0 Å². The fourth-order valence-corrected chi connectivity index (χ4v) is 1.48. The van der Waals surface area contributed by atoms with Gasteiger partial charge in [0.15, 0.2) is 0 Å². The minimum atomic E-state index is -0.436. The van der Waals surface area contributed by atoms with Crippen LogP contribution in [0.4, 0.5) is 0 Å². The van der Waals surface area contributed by atoms with Crippen molar-refractivity contribution in [3.05, 3.63) is 0 Å². The van der Waals surface area contributed by atoms with Gasteiger partial charge in [-0.05, 0) is 13.3 Å². The van der Waals surface area contributed by atoms with Gasteiger partial charge in [0.25, 0.3) is 0 Å². The standard InChI is InChI=1S/C12H24O2/c1-4-5-6-7-8-9-12(14)10(2)11(3)13/h10,12,14H,4-9H2,1-3H3/t10-,12+/m1/s1. The van der Waals surface area contributed by atoms with Crippen LogP contribution in [-0.4, -0.2) is 17.0 Å². The quantitative estimate of drug-likeness (QED) is 0.612. The van der Waals surface area contributed by atoms with Crippen molar-refractivity contribution in [2.45, 2.75) is 65.4 Å². The molecule has 0 aromatic heterocycles. The molecule has 0 heterocycles. The van der Waals surface area contributed by atoms with Crippen molar-refractivity contribution in [2.75, 3.05) is 0 Å². The Hall–Kier alpha value is -0.370. The minimum Gasteiger partial charge on any atom is -0.392 e. The van der Waals surface area contributed by atoms with E-state index in [1.165, 1.54) is 25.7 Å². The maximum Gasteiger partial charge on any atom is 0.135 e. The van der Waals surface area contributed by atoms with Crippen LogP contribution < -0.4 is 0 Å². The van der Waals surface area contributed by atoms with E-state index in [0.717, 1.165) is 12.8 Å². The van der Waals surface area contributed by atoms with Gasteiger partial charge in [-0.3, -0.25) is 4.79 Å². The topological polar surface area (TPSA) is 37.3 Å².